The van der Waals surface area contributed by atoms with Crippen molar-refractivity contribution in [3.63, 3.8) is 0 Å². The van der Waals surface area contributed by atoms with Crippen LogP contribution in [0.25, 0.3) is 0 Å². The molecule has 0 saturated heterocycles. The van der Waals surface area contributed by atoms with Crippen molar-refractivity contribution in [2.45, 2.75) is 152 Å². The second-order valence-corrected chi connectivity index (χ2v) is 16.0. The molecule has 0 bridgehead atoms. The van der Waals surface area contributed by atoms with Crippen LogP contribution in [0.15, 0.2) is 103 Å². The van der Waals surface area contributed by atoms with E-state index in [0.717, 1.165) is 93.7 Å². The largest absolute Gasteiger partial charge is 0.508 e. The van der Waals surface area contributed by atoms with E-state index in [1.165, 1.54) is 38.5 Å². The van der Waals surface area contributed by atoms with Crippen LogP contribution >= 0.6 is 34.8 Å². The number of halogens is 3. The Bertz CT molecular complexity index is 1320. The molecular formula is C48H69Cl3O4. The lowest BCUT2D eigenvalue weighted by Gasteiger charge is -2.09. The van der Waals surface area contributed by atoms with Gasteiger partial charge in [0.25, 0.3) is 0 Å². The molecule has 55 heavy (non-hydrogen) atoms. The van der Waals surface area contributed by atoms with Gasteiger partial charge in [0, 0.05) is 16.1 Å². The summed E-state index contributed by atoms with van der Waals surface area (Å²) in [5.41, 5.74) is 3.09. The van der Waals surface area contributed by atoms with Crippen LogP contribution in [-0.2, 0) is 19.3 Å². The highest BCUT2D eigenvalue weighted by atomic mass is 35.5. The first kappa shape index (κ1) is 50.0. The number of unbranched alkanes of at least 4 members (excludes halogenated alkanes) is 3. The first-order chi connectivity index (χ1) is 26.6. The average molecular weight is 816 g/mol. The maximum atomic E-state index is 9.58. The van der Waals surface area contributed by atoms with Gasteiger partial charge in [-0.15, -0.1) is 34.8 Å². The monoisotopic (exact) mass is 814 g/mol. The highest BCUT2D eigenvalue weighted by molar-refractivity contribution is 6.21. The number of benzene rings is 4. The summed E-state index contributed by atoms with van der Waals surface area (Å²) in [7, 11) is 0. The molecule has 4 rings (SSSR count). The van der Waals surface area contributed by atoms with Crippen molar-refractivity contribution >= 4 is 34.8 Å². The van der Waals surface area contributed by atoms with Crippen LogP contribution in [0.1, 0.15) is 134 Å². The zero-order valence-corrected chi connectivity index (χ0v) is 36.0. The SMILES string of the molecule is CCCCC(Cl)CCCc1ccccc1O.CCCCC(Cl)CCCc1ccccc1O.CCCCC(Cl)CCCc1ccccc1O.Oc1ccccc1. The Morgan fingerprint density at radius 1 is 0.364 bits per heavy atom. The Labute approximate surface area is 348 Å². The van der Waals surface area contributed by atoms with Crippen LogP contribution in [-0.4, -0.2) is 36.6 Å². The minimum absolute atomic E-state index is 0.297. The minimum Gasteiger partial charge on any atom is -0.508 e. The van der Waals surface area contributed by atoms with Gasteiger partial charge in [-0.1, -0.05) is 132 Å². The van der Waals surface area contributed by atoms with E-state index in [1.807, 2.05) is 60.7 Å². The van der Waals surface area contributed by atoms with Crippen molar-refractivity contribution < 1.29 is 20.4 Å². The summed E-state index contributed by atoms with van der Waals surface area (Å²) >= 11 is 18.6. The minimum atomic E-state index is 0.297. The van der Waals surface area contributed by atoms with Gasteiger partial charge in [-0.05, 0) is 124 Å². The molecule has 0 aliphatic heterocycles. The standard InChI is InChI=1S/3C14H21ClO.C6H6O/c3*1-2-3-9-13(15)10-6-8-12-7-4-5-11-14(12)16;7-6-4-2-1-3-5-6/h3*4-5,7,11,13,16H,2-3,6,8-10H2,1H3;1-5,7H. The molecule has 0 heterocycles. The maximum absolute atomic E-state index is 9.58. The summed E-state index contributed by atoms with van der Waals surface area (Å²) in [4.78, 5) is 0. The Balaban J connectivity index is 0.000000379. The highest BCUT2D eigenvalue weighted by Crippen LogP contribution is 2.23. The number of phenols is 4. The van der Waals surface area contributed by atoms with Gasteiger partial charge >= 0.3 is 0 Å². The lowest BCUT2D eigenvalue weighted by atomic mass is 10.0. The Morgan fingerprint density at radius 3 is 0.855 bits per heavy atom. The molecule has 0 amide bonds. The number of hydrogen-bond acceptors (Lipinski definition) is 4. The first-order valence-electron chi connectivity index (χ1n) is 20.6. The van der Waals surface area contributed by atoms with Crippen molar-refractivity contribution in [2.24, 2.45) is 0 Å². The third kappa shape index (κ3) is 26.4. The average Bonchev–Trinajstić information content (AvgIpc) is 3.19. The zero-order chi connectivity index (χ0) is 40.5. The van der Waals surface area contributed by atoms with Gasteiger partial charge in [0.2, 0.25) is 0 Å². The predicted molar refractivity (Wildman–Crippen MR) is 239 cm³/mol. The molecule has 0 saturated carbocycles. The van der Waals surface area contributed by atoms with Crippen LogP contribution in [0.4, 0.5) is 0 Å². The maximum Gasteiger partial charge on any atom is 0.118 e. The first-order valence-corrected chi connectivity index (χ1v) is 21.9. The molecule has 4 aromatic rings. The van der Waals surface area contributed by atoms with Crippen LogP contribution < -0.4 is 0 Å². The molecule has 3 unspecified atom stereocenters. The van der Waals surface area contributed by atoms with Crippen LogP contribution in [0, 0.1) is 0 Å². The Hall–Kier alpha value is -3.05. The normalized spacial score (nSPS) is 12.1. The zero-order valence-electron chi connectivity index (χ0n) is 33.7. The molecule has 0 aliphatic rings. The van der Waals surface area contributed by atoms with Crippen LogP contribution in [0.5, 0.6) is 23.0 Å². The van der Waals surface area contributed by atoms with Gasteiger partial charge in [-0.25, -0.2) is 0 Å². The molecule has 0 spiro atoms. The van der Waals surface area contributed by atoms with Crippen molar-refractivity contribution in [3.8, 4) is 23.0 Å². The molecule has 4 N–H and O–H groups in total. The van der Waals surface area contributed by atoms with Crippen molar-refractivity contribution in [3.05, 3.63) is 120 Å². The molecule has 0 fully saturated rings. The molecule has 4 aromatic carbocycles. The number of aromatic hydroxyl groups is 4. The number of rotatable bonds is 21. The quantitative estimate of drug-likeness (QED) is 0.0632. The van der Waals surface area contributed by atoms with E-state index < -0.39 is 0 Å². The third-order valence-electron chi connectivity index (χ3n) is 9.23. The molecule has 306 valence electrons. The van der Waals surface area contributed by atoms with Gasteiger partial charge < -0.3 is 20.4 Å². The predicted octanol–water partition coefficient (Wildman–Crippen LogP) is 14.9. The number of phenolic OH excluding ortho intramolecular Hbond substituents is 4. The van der Waals surface area contributed by atoms with Crippen molar-refractivity contribution in [1.29, 1.82) is 0 Å². The van der Waals surface area contributed by atoms with Gasteiger partial charge in [0.05, 0.1) is 0 Å². The fourth-order valence-corrected chi connectivity index (χ4v) is 6.77. The molecule has 7 heteroatoms. The van der Waals surface area contributed by atoms with Crippen LogP contribution in [0.3, 0.4) is 0 Å². The lowest BCUT2D eigenvalue weighted by Crippen LogP contribution is -1.99. The second kappa shape index (κ2) is 33.1. The van der Waals surface area contributed by atoms with E-state index in [2.05, 4.69) is 20.8 Å². The fraction of sp³-hybridized carbons (Fsp3) is 0.500. The third-order valence-corrected chi connectivity index (χ3v) is 10.5. The van der Waals surface area contributed by atoms with Crippen molar-refractivity contribution in [2.75, 3.05) is 0 Å². The van der Waals surface area contributed by atoms with Crippen LogP contribution in [0.2, 0.25) is 0 Å². The molecule has 3 atom stereocenters. The van der Waals surface area contributed by atoms with E-state index >= 15 is 0 Å². The second-order valence-electron chi connectivity index (χ2n) is 14.1. The summed E-state index contributed by atoms with van der Waals surface area (Å²) in [6, 6.07) is 31.3. The van der Waals surface area contributed by atoms with E-state index in [0.29, 0.717) is 39.1 Å². The van der Waals surface area contributed by atoms with E-state index in [9.17, 15) is 15.3 Å². The van der Waals surface area contributed by atoms with E-state index in [4.69, 9.17) is 39.9 Å². The number of hydrogen-bond donors (Lipinski definition) is 4. The van der Waals surface area contributed by atoms with E-state index in [1.54, 1.807) is 42.5 Å². The fourth-order valence-electron chi connectivity index (χ4n) is 5.85. The molecule has 0 radical (unpaired) electrons. The summed E-state index contributed by atoms with van der Waals surface area (Å²) in [6.45, 7) is 6.56. The topological polar surface area (TPSA) is 80.9 Å². The number of alkyl halides is 3. The van der Waals surface area contributed by atoms with Gasteiger partial charge in [0.1, 0.15) is 23.0 Å². The van der Waals surface area contributed by atoms with Crippen molar-refractivity contribution in [1.82, 2.24) is 0 Å². The lowest BCUT2D eigenvalue weighted by molar-refractivity contribution is 0.465. The molecule has 4 nitrogen and oxygen atoms in total. The Morgan fingerprint density at radius 2 is 0.618 bits per heavy atom. The summed E-state index contributed by atoms with van der Waals surface area (Å²) in [5.74, 6) is 1.54. The van der Waals surface area contributed by atoms with Gasteiger partial charge in [0.15, 0.2) is 0 Å². The molecule has 0 aliphatic carbocycles. The van der Waals surface area contributed by atoms with Gasteiger partial charge in [-0.3, -0.25) is 0 Å². The molecule has 0 aromatic heterocycles. The number of para-hydroxylation sites is 4. The van der Waals surface area contributed by atoms with Gasteiger partial charge in [-0.2, -0.15) is 0 Å². The summed E-state index contributed by atoms with van der Waals surface area (Å²) in [6.07, 6.45) is 19.6. The summed E-state index contributed by atoms with van der Waals surface area (Å²) < 4.78 is 0. The smallest absolute Gasteiger partial charge is 0.118 e. The summed E-state index contributed by atoms with van der Waals surface area (Å²) in [5, 5.41) is 38.3. The molecular weight excluding hydrogens is 747 g/mol. The Kier molecular flexibility index (Phi) is 30.1. The highest BCUT2D eigenvalue weighted by Gasteiger charge is 2.07. The number of aryl methyl sites for hydroxylation is 3. The van der Waals surface area contributed by atoms with E-state index in [-0.39, 0.29) is 0 Å².